The number of nitrogens with one attached hydrogen (secondary N) is 1. The minimum Gasteiger partial charge on any atom is -0.459 e. The zero-order valence-corrected chi connectivity index (χ0v) is 9.08. The van der Waals surface area contributed by atoms with Gasteiger partial charge in [0.2, 0.25) is 0 Å². The molecule has 0 aliphatic carbocycles. The molecule has 2 heterocycles. The highest BCUT2D eigenvalue weighted by molar-refractivity contribution is 7.10. The number of rotatable bonds is 3. The average molecular weight is 221 g/mol. The Bertz CT molecular complexity index is 419. The van der Waals surface area contributed by atoms with Gasteiger partial charge in [-0.3, -0.25) is 4.79 Å². The van der Waals surface area contributed by atoms with Crippen molar-refractivity contribution in [3.05, 3.63) is 46.5 Å². The summed E-state index contributed by atoms with van der Waals surface area (Å²) in [5.41, 5.74) is 0. The molecular weight excluding hydrogens is 210 g/mol. The van der Waals surface area contributed by atoms with Crippen LogP contribution in [0.15, 0.2) is 40.3 Å². The summed E-state index contributed by atoms with van der Waals surface area (Å²) in [6.07, 6.45) is 1.49. The van der Waals surface area contributed by atoms with Crippen LogP contribution in [0, 0.1) is 0 Å². The van der Waals surface area contributed by atoms with E-state index in [1.54, 1.807) is 23.5 Å². The van der Waals surface area contributed by atoms with Gasteiger partial charge < -0.3 is 9.73 Å². The van der Waals surface area contributed by atoms with Gasteiger partial charge in [-0.2, -0.15) is 0 Å². The number of thiophene rings is 1. The first-order valence-corrected chi connectivity index (χ1v) is 5.53. The van der Waals surface area contributed by atoms with Gasteiger partial charge in [-0.25, -0.2) is 0 Å². The lowest BCUT2D eigenvalue weighted by molar-refractivity contribution is 0.0912. The molecule has 2 aromatic rings. The van der Waals surface area contributed by atoms with E-state index in [1.165, 1.54) is 6.26 Å². The van der Waals surface area contributed by atoms with Gasteiger partial charge in [0, 0.05) is 4.88 Å². The summed E-state index contributed by atoms with van der Waals surface area (Å²) < 4.78 is 5.00. The lowest BCUT2D eigenvalue weighted by atomic mass is 10.2. The van der Waals surface area contributed by atoms with E-state index in [0.29, 0.717) is 5.76 Å². The fraction of sp³-hybridized carbons (Fsp3) is 0.182. The van der Waals surface area contributed by atoms with Gasteiger partial charge in [-0.15, -0.1) is 11.3 Å². The number of carbonyl (C=O) groups excluding carboxylic acids is 1. The third-order valence-electron chi connectivity index (χ3n) is 2.06. The van der Waals surface area contributed by atoms with E-state index in [0.717, 1.165) is 4.88 Å². The fourth-order valence-electron chi connectivity index (χ4n) is 1.28. The van der Waals surface area contributed by atoms with Crippen LogP contribution in [-0.4, -0.2) is 5.91 Å². The van der Waals surface area contributed by atoms with Crippen LogP contribution in [0.25, 0.3) is 0 Å². The number of hydrogen-bond donors (Lipinski definition) is 1. The van der Waals surface area contributed by atoms with Gasteiger partial charge in [0.05, 0.1) is 12.3 Å². The molecule has 15 heavy (non-hydrogen) atoms. The molecule has 0 fully saturated rings. The zero-order valence-electron chi connectivity index (χ0n) is 8.27. The van der Waals surface area contributed by atoms with E-state index >= 15 is 0 Å². The van der Waals surface area contributed by atoms with E-state index in [1.807, 2.05) is 24.4 Å². The maximum absolute atomic E-state index is 11.6. The molecule has 0 radical (unpaired) electrons. The Labute approximate surface area is 91.7 Å². The maximum atomic E-state index is 11.6. The van der Waals surface area contributed by atoms with Gasteiger partial charge in [-0.1, -0.05) is 6.07 Å². The van der Waals surface area contributed by atoms with E-state index in [2.05, 4.69) is 5.32 Å². The summed E-state index contributed by atoms with van der Waals surface area (Å²) in [5.74, 6) is 0.166. The molecule has 78 valence electrons. The first kappa shape index (κ1) is 9.98. The smallest absolute Gasteiger partial charge is 0.287 e. The largest absolute Gasteiger partial charge is 0.459 e. The van der Waals surface area contributed by atoms with Crippen molar-refractivity contribution in [2.75, 3.05) is 0 Å². The summed E-state index contributed by atoms with van der Waals surface area (Å²) in [6.45, 7) is 1.95. The van der Waals surface area contributed by atoms with Gasteiger partial charge in [0.15, 0.2) is 5.76 Å². The summed E-state index contributed by atoms with van der Waals surface area (Å²) >= 11 is 1.62. The van der Waals surface area contributed by atoms with Crippen LogP contribution in [-0.2, 0) is 0 Å². The van der Waals surface area contributed by atoms with E-state index in [4.69, 9.17) is 4.42 Å². The first-order valence-electron chi connectivity index (χ1n) is 4.65. The Morgan fingerprint density at radius 2 is 2.33 bits per heavy atom. The van der Waals surface area contributed by atoms with Crippen LogP contribution in [0.4, 0.5) is 0 Å². The molecule has 2 aromatic heterocycles. The highest BCUT2D eigenvalue weighted by atomic mass is 32.1. The van der Waals surface area contributed by atoms with Gasteiger partial charge >= 0.3 is 0 Å². The number of amides is 1. The van der Waals surface area contributed by atoms with Gasteiger partial charge in [-0.05, 0) is 30.5 Å². The molecule has 1 atom stereocenters. The topological polar surface area (TPSA) is 42.2 Å². The molecule has 2 rings (SSSR count). The number of furan rings is 1. The molecule has 0 saturated heterocycles. The molecule has 1 N–H and O–H groups in total. The Kier molecular flexibility index (Phi) is 2.87. The van der Waals surface area contributed by atoms with Crippen molar-refractivity contribution in [1.82, 2.24) is 5.32 Å². The SMILES string of the molecule is C[C@H](NC(=O)c1ccco1)c1cccs1. The standard InChI is InChI=1S/C11H11NO2S/c1-8(10-5-3-7-15-10)12-11(13)9-4-2-6-14-9/h2-8H,1H3,(H,12,13)/t8-/m0/s1. The van der Waals surface area contributed by atoms with Gasteiger partial charge in [0.1, 0.15) is 0 Å². The molecule has 1 amide bonds. The molecule has 0 aliphatic heterocycles. The Morgan fingerprint density at radius 3 is 2.93 bits per heavy atom. The molecule has 0 aromatic carbocycles. The van der Waals surface area contributed by atoms with Crippen molar-refractivity contribution < 1.29 is 9.21 Å². The molecule has 0 bridgehead atoms. The Morgan fingerprint density at radius 1 is 1.47 bits per heavy atom. The number of carbonyl (C=O) groups is 1. The first-order chi connectivity index (χ1) is 7.27. The predicted molar refractivity (Wildman–Crippen MR) is 58.9 cm³/mol. The molecule has 3 nitrogen and oxygen atoms in total. The predicted octanol–water partition coefficient (Wildman–Crippen LogP) is 2.83. The minimum atomic E-state index is -0.180. The van der Waals surface area contributed by atoms with Crippen molar-refractivity contribution in [3.8, 4) is 0 Å². The van der Waals surface area contributed by atoms with Gasteiger partial charge in [0.25, 0.3) is 5.91 Å². The second-order valence-electron chi connectivity index (χ2n) is 3.19. The summed E-state index contributed by atoms with van der Waals surface area (Å²) in [7, 11) is 0. The summed E-state index contributed by atoms with van der Waals surface area (Å²) in [5, 5.41) is 4.85. The average Bonchev–Trinajstić information content (AvgIpc) is 2.91. The van der Waals surface area contributed by atoms with E-state index in [-0.39, 0.29) is 11.9 Å². The van der Waals surface area contributed by atoms with Crippen LogP contribution < -0.4 is 5.32 Å². The highest BCUT2D eigenvalue weighted by Gasteiger charge is 2.13. The highest BCUT2D eigenvalue weighted by Crippen LogP contribution is 2.18. The molecule has 0 spiro atoms. The normalized spacial score (nSPS) is 12.3. The van der Waals surface area contributed by atoms with Crippen LogP contribution in [0.2, 0.25) is 0 Å². The maximum Gasteiger partial charge on any atom is 0.287 e. The second-order valence-corrected chi connectivity index (χ2v) is 4.17. The third-order valence-corrected chi connectivity index (χ3v) is 3.12. The molecule has 4 heteroatoms. The van der Waals surface area contributed by atoms with Crippen LogP contribution in [0.3, 0.4) is 0 Å². The van der Waals surface area contributed by atoms with Crippen molar-refractivity contribution in [2.24, 2.45) is 0 Å². The van der Waals surface area contributed by atoms with Crippen molar-refractivity contribution >= 4 is 17.2 Å². The van der Waals surface area contributed by atoms with Crippen molar-refractivity contribution in [3.63, 3.8) is 0 Å². The van der Waals surface area contributed by atoms with Crippen molar-refractivity contribution in [1.29, 1.82) is 0 Å². The fourth-order valence-corrected chi connectivity index (χ4v) is 2.02. The van der Waals surface area contributed by atoms with Crippen molar-refractivity contribution in [2.45, 2.75) is 13.0 Å². The quantitative estimate of drug-likeness (QED) is 0.866. The molecule has 0 saturated carbocycles. The second kappa shape index (κ2) is 4.31. The molecule has 0 aliphatic rings. The van der Waals surface area contributed by atoms with E-state index in [9.17, 15) is 4.79 Å². The Balaban J connectivity index is 2.01. The molecule has 0 unspecified atom stereocenters. The van der Waals surface area contributed by atoms with E-state index < -0.39 is 0 Å². The monoisotopic (exact) mass is 221 g/mol. The Hall–Kier alpha value is -1.55. The number of hydrogen-bond acceptors (Lipinski definition) is 3. The van der Waals surface area contributed by atoms with Crippen LogP contribution in [0.5, 0.6) is 0 Å². The zero-order chi connectivity index (χ0) is 10.7. The minimum absolute atomic E-state index is 0.0163. The summed E-state index contributed by atoms with van der Waals surface area (Å²) in [6, 6.07) is 7.33. The third kappa shape index (κ3) is 2.27. The lowest BCUT2D eigenvalue weighted by Crippen LogP contribution is -2.25. The lowest BCUT2D eigenvalue weighted by Gasteiger charge is -2.10. The summed E-state index contributed by atoms with van der Waals surface area (Å²) in [4.78, 5) is 12.7. The van der Waals surface area contributed by atoms with Crippen LogP contribution >= 0.6 is 11.3 Å². The molecular formula is C11H11NO2S. The van der Waals surface area contributed by atoms with Crippen LogP contribution in [0.1, 0.15) is 28.4 Å².